The van der Waals surface area contributed by atoms with Gasteiger partial charge in [-0.1, -0.05) is 18.2 Å². The van der Waals surface area contributed by atoms with Crippen LogP contribution in [0.5, 0.6) is 5.75 Å². The summed E-state index contributed by atoms with van der Waals surface area (Å²) in [5.41, 5.74) is 5.08. The summed E-state index contributed by atoms with van der Waals surface area (Å²) >= 11 is 0. The van der Waals surface area contributed by atoms with Crippen molar-refractivity contribution >= 4 is 22.5 Å². The monoisotopic (exact) mass is 307 g/mol. The average molecular weight is 307 g/mol. The zero-order valence-corrected chi connectivity index (χ0v) is 13.1. The molecule has 4 rings (SSSR count). The van der Waals surface area contributed by atoms with Crippen LogP contribution in [0.2, 0.25) is 0 Å². The molecule has 5 heteroatoms. The Kier molecular flexibility index (Phi) is 3.08. The van der Waals surface area contributed by atoms with E-state index in [0.29, 0.717) is 13.0 Å². The van der Waals surface area contributed by atoms with E-state index >= 15 is 0 Å². The van der Waals surface area contributed by atoms with E-state index in [0.717, 1.165) is 39.0 Å². The molecule has 3 aromatic rings. The van der Waals surface area contributed by atoms with Gasteiger partial charge in [0.25, 0.3) is 0 Å². The molecule has 0 unspecified atom stereocenters. The van der Waals surface area contributed by atoms with Crippen LogP contribution in [0.15, 0.2) is 36.5 Å². The Balaban J connectivity index is 1.93. The lowest BCUT2D eigenvalue weighted by Crippen LogP contribution is -2.10. The maximum atomic E-state index is 11.7. The Morgan fingerprint density at radius 3 is 2.96 bits per heavy atom. The van der Waals surface area contributed by atoms with Crippen molar-refractivity contribution in [2.45, 2.75) is 13.3 Å². The van der Waals surface area contributed by atoms with Gasteiger partial charge in [-0.25, -0.2) is 0 Å². The van der Waals surface area contributed by atoms with Gasteiger partial charge in [-0.05, 0) is 30.2 Å². The van der Waals surface area contributed by atoms with Crippen LogP contribution >= 0.6 is 0 Å². The molecular weight excluding hydrogens is 290 g/mol. The van der Waals surface area contributed by atoms with E-state index in [2.05, 4.69) is 29.5 Å². The molecule has 23 heavy (non-hydrogen) atoms. The van der Waals surface area contributed by atoms with E-state index < -0.39 is 0 Å². The van der Waals surface area contributed by atoms with Crippen molar-refractivity contribution in [3.63, 3.8) is 0 Å². The lowest BCUT2D eigenvalue weighted by Gasteiger charge is -2.15. The van der Waals surface area contributed by atoms with Crippen molar-refractivity contribution in [1.82, 2.24) is 9.78 Å². The minimum atomic E-state index is -0.0136. The van der Waals surface area contributed by atoms with E-state index in [1.165, 1.54) is 0 Å². The van der Waals surface area contributed by atoms with Crippen LogP contribution < -0.4 is 10.1 Å². The molecule has 1 N–H and O–H groups in total. The van der Waals surface area contributed by atoms with Crippen LogP contribution in [-0.2, 0) is 11.8 Å². The Hall–Kier alpha value is -2.82. The minimum absolute atomic E-state index is 0.0136. The van der Waals surface area contributed by atoms with E-state index in [1.54, 1.807) is 0 Å². The fourth-order valence-corrected chi connectivity index (χ4v) is 3.12. The number of para-hydroxylation sites is 1. The number of amides is 1. The van der Waals surface area contributed by atoms with Gasteiger partial charge in [0.1, 0.15) is 0 Å². The topological polar surface area (TPSA) is 56.1 Å². The highest BCUT2D eigenvalue weighted by molar-refractivity contribution is 5.97. The van der Waals surface area contributed by atoms with Crippen molar-refractivity contribution in [2.75, 3.05) is 11.9 Å². The molecule has 5 nitrogen and oxygen atoms in total. The molecule has 0 radical (unpaired) electrons. The highest BCUT2D eigenvalue weighted by Crippen LogP contribution is 2.40. The van der Waals surface area contributed by atoms with Crippen molar-refractivity contribution in [3.8, 4) is 16.9 Å². The van der Waals surface area contributed by atoms with Gasteiger partial charge in [0.05, 0.1) is 30.4 Å². The number of hydrogen-bond acceptors (Lipinski definition) is 3. The SMILES string of the molecule is Cc1c(-c2cccc3c2OCCC(=O)N3)ccc2c1cnn2C. The van der Waals surface area contributed by atoms with E-state index in [1.807, 2.05) is 36.1 Å². The molecule has 0 aliphatic carbocycles. The molecule has 2 aromatic carbocycles. The van der Waals surface area contributed by atoms with Gasteiger partial charge in [0.2, 0.25) is 5.91 Å². The Bertz CT molecular complexity index is 927. The van der Waals surface area contributed by atoms with Gasteiger partial charge in [0, 0.05) is 18.0 Å². The molecule has 1 aliphatic rings. The Morgan fingerprint density at radius 1 is 1.22 bits per heavy atom. The van der Waals surface area contributed by atoms with Crippen LogP contribution in [0.25, 0.3) is 22.0 Å². The summed E-state index contributed by atoms with van der Waals surface area (Å²) in [5.74, 6) is 0.727. The fraction of sp³-hybridized carbons (Fsp3) is 0.222. The van der Waals surface area contributed by atoms with Crippen molar-refractivity contribution in [1.29, 1.82) is 0 Å². The quantitative estimate of drug-likeness (QED) is 0.750. The second-order valence-corrected chi connectivity index (χ2v) is 5.77. The second kappa shape index (κ2) is 5.12. The summed E-state index contributed by atoms with van der Waals surface area (Å²) < 4.78 is 7.74. The Labute approximate surface area is 133 Å². The zero-order chi connectivity index (χ0) is 16.0. The van der Waals surface area contributed by atoms with E-state index in [-0.39, 0.29) is 5.91 Å². The summed E-state index contributed by atoms with van der Waals surface area (Å²) in [5, 5.41) is 8.37. The van der Waals surface area contributed by atoms with E-state index in [9.17, 15) is 4.79 Å². The summed E-state index contributed by atoms with van der Waals surface area (Å²) in [4.78, 5) is 11.7. The van der Waals surface area contributed by atoms with Gasteiger partial charge >= 0.3 is 0 Å². The molecule has 1 aromatic heterocycles. The molecule has 1 aliphatic heterocycles. The lowest BCUT2D eigenvalue weighted by atomic mass is 9.96. The third kappa shape index (κ3) is 2.16. The number of hydrogen-bond donors (Lipinski definition) is 1. The largest absolute Gasteiger partial charge is 0.490 e. The number of ether oxygens (including phenoxy) is 1. The molecule has 2 heterocycles. The van der Waals surface area contributed by atoms with Crippen molar-refractivity contribution < 1.29 is 9.53 Å². The summed E-state index contributed by atoms with van der Waals surface area (Å²) in [6.07, 6.45) is 2.26. The van der Waals surface area contributed by atoms with Gasteiger partial charge in [-0.15, -0.1) is 0 Å². The van der Waals surface area contributed by atoms with Gasteiger partial charge < -0.3 is 10.1 Å². The standard InChI is InChI=1S/C18H17N3O2/c1-11-12(6-7-16-14(11)10-19-21(16)2)13-4-3-5-15-18(13)23-9-8-17(22)20-15/h3-7,10H,8-9H2,1-2H3,(H,20,22). The fourth-order valence-electron chi connectivity index (χ4n) is 3.12. The van der Waals surface area contributed by atoms with Crippen LogP contribution in [-0.4, -0.2) is 22.3 Å². The average Bonchev–Trinajstić information content (AvgIpc) is 2.80. The minimum Gasteiger partial charge on any atom is -0.490 e. The number of carbonyl (C=O) groups is 1. The maximum absolute atomic E-state index is 11.7. The number of aromatic nitrogens is 2. The number of rotatable bonds is 1. The smallest absolute Gasteiger partial charge is 0.227 e. The van der Waals surface area contributed by atoms with Crippen molar-refractivity contribution in [2.24, 2.45) is 7.05 Å². The first-order valence-electron chi connectivity index (χ1n) is 7.62. The molecule has 116 valence electrons. The molecule has 1 amide bonds. The number of carbonyl (C=O) groups excluding carboxylic acids is 1. The van der Waals surface area contributed by atoms with Crippen LogP contribution in [0.3, 0.4) is 0 Å². The number of anilines is 1. The highest BCUT2D eigenvalue weighted by Gasteiger charge is 2.19. The first kappa shape index (κ1) is 13.8. The predicted octanol–water partition coefficient (Wildman–Crippen LogP) is 3.27. The zero-order valence-electron chi connectivity index (χ0n) is 13.1. The third-order valence-electron chi connectivity index (χ3n) is 4.36. The third-order valence-corrected chi connectivity index (χ3v) is 4.36. The molecule has 0 saturated carbocycles. The lowest BCUT2D eigenvalue weighted by molar-refractivity contribution is -0.116. The maximum Gasteiger partial charge on any atom is 0.227 e. The Morgan fingerprint density at radius 2 is 2.09 bits per heavy atom. The van der Waals surface area contributed by atoms with E-state index in [4.69, 9.17) is 4.74 Å². The first-order valence-corrected chi connectivity index (χ1v) is 7.62. The highest BCUT2D eigenvalue weighted by atomic mass is 16.5. The van der Waals surface area contributed by atoms with Crippen LogP contribution in [0.4, 0.5) is 5.69 Å². The summed E-state index contributed by atoms with van der Waals surface area (Å²) in [6.45, 7) is 2.48. The van der Waals surface area contributed by atoms with Gasteiger partial charge in [-0.2, -0.15) is 5.10 Å². The first-order chi connectivity index (χ1) is 11.1. The number of fused-ring (bicyclic) bond motifs is 2. The van der Waals surface area contributed by atoms with Gasteiger partial charge in [-0.3, -0.25) is 9.48 Å². The van der Waals surface area contributed by atoms with Crippen LogP contribution in [0, 0.1) is 6.92 Å². The second-order valence-electron chi connectivity index (χ2n) is 5.77. The predicted molar refractivity (Wildman–Crippen MR) is 89.6 cm³/mol. The molecule has 0 saturated heterocycles. The number of nitrogens with zero attached hydrogens (tertiary/aromatic N) is 2. The number of benzene rings is 2. The molecule has 0 spiro atoms. The summed E-state index contributed by atoms with van der Waals surface area (Å²) in [7, 11) is 1.94. The van der Waals surface area contributed by atoms with Gasteiger partial charge in [0.15, 0.2) is 5.75 Å². The molecule has 0 atom stereocenters. The summed E-state index contributed by atoms with van der Waals surface area (Å²) in [6, 6.07) is 10.0. The van der Waals surface area contributed by atoms with Crippen molar-refractivity contribution in [3.05, 3.63) is 42.1 Å². The normalized spacial score (nSPS) is 14.1. The number of aryl methyl sites for hydroxylation is 2. The van der Waals surface area contributed by atoms with Crippen LogP contribution in [0.1, 0.15) is 12.0 Å². The number of nitrogens with one attached hydrogen (secondary N) is 1. The molecular formula is C18H17N3O2. The molecule has 0 bridgehead atoms. The molecule has 0 fully saturated rings.